The Bertz CT molecular complexity index is 2770. The highest BCUT2D eigenvalue weighted by Gasteiger charge is 2.52. The van der Waals surface area contributed by atoms with Crippen LogP contribution >= 0.6 is 0 Å². The highest BCUT2D eigenvalue weighted by molar-refractivity contribution is 5.96. The first-order chi connectivity index (χ1) is 28.3. The van der Waals surface area contributed by atoms with Crippen molar-refractivity contribution in [2.45, 2.75) is 5.41 Å². The van der Waals surface area contributed by atoms with Gasteiger partial charge < -0.3 is 4.90 Å². The van der Waals surface area contributed by atoms with Gasteiger partial charge in [0.05, 0.1) is 16.8 Å². The fourth-order valence-corrected chi connectivity index (χ4v) is 8.95. The maximum absolute atomic E-state index is 5.30. The van der Waals surface area contributed by atoms with Crippen LogP contribution in [0.1, 0.15) is 22.3 Å². The first-order valence-electron chi connectivity index (χ1n) is 19.3. The zero-order chi connectivity index (χ0) is 37.8. The van der Waals surface area contributed by atoms with E-state index in [-0.39, 0.29) is 0 Å². The highest BCUT2D eigenvalue weighted by atomic mass is 15.3. The lowest BCUT2D eigenvalue weighted by atomic mass is 9.64. The summed E-state index contributed by atoms with van der Waals surface area (Å²) in [4.78, 5) is 20.3. The van der Waals surface area contributed by atoms with Crippen molar-refractivity contribution in [1.29, 1.82) is 0 Å². The molecule has 9 aromatic rings. The molecule has 268 valence electrons. The Morgan fingerprint density at radius 1 is 0.351 bits per heavy atom. The smallest absolute Gasteiger partial charge is 0.238 e. The van der Waals surface area contributed by atoms with Crippen molar-refractivity contribution in [3.63, 3.8) is 0 Å². The van der Waals surface area contributed by atoms with Gasteiger partial charge in [-0.1, -0.05) is 164 Å². The maximum atomic E-state index is 5.30. The summed E-state index contributed by atoms with van der Waals surface area (Å²) in [6, 6.07) is 75.1. The first kappa shape index (κ1) is 32.8. The number of hydrogen-bond acceptors (Lipinski definition) is 5. The number of hydrogen-bond donors (Lipinski definition) is 0. The molecule has 1 spiro atoms. The van der Waals surface area contributed by atoms with Gasteiger partial charge in [-0.3, -0.25) is 4.90 Å². The van der Waals surface area contributed by atoms with Crippen LogP contribution < -0.4 is 9.80 Å². The molecule has 0 radical (unpaired) electrons. The van der Waals surface area contributed by atoms with Gasteiger partial charge in [-0.2, -0.15) is 9.97 Å². The Morgan fingerprint density at radius 2 is 0.789 bits per heavy atom. The second-order valence-corrected chi connectivity index (χ2v) is 14.4. The van der Waals surface area contributed by atoms with Crippen molar-refractivity contribution >= 4 is 34.4 Å². The van der Waals surface area contributed by atoms with E-state index in [9.17, 15) is 0 Å². The summed E-state index contributed by atoms with van der Waals surface area (Å²) in [5, 5.41) is 0. The van der Waals surface area contributed by atoms with E-state index in [4.69, 9.17) is 15.0 Å². The van der Waals surface area contributed by atoms with Crippen LogP contribution in [0.3, 0.4) is 0 Å². The highest BCUT2D eigenvalue weighted by Crippen LogP contribution is 2.63. The van der Waals surface area contributed by atoms with Crippen LogP contribution in [0.4, 0.5) is 34.4 Å². The molecule has 1 aromatic heterocycles. The van der Waals surface area contributed by atoms with E-state index in [0.717, 1.165) is 45.1 Å². The Labute approximate surface area is 331 Å². The second-order valence-electron chi connectivity index (χ2n) is 14.4. The van der Waals surface area contributed by atoms with Crippen LogP contribution in [0.25, 0.3) is 33.9 Å². The molecule has 1 aliphatic heterocycles. The van der Waals surface area contributed by atoms with Gasteiger partial charge in [0.25, 0.3) is 0 Å². The van der Waals surface area contributed by atoms with Crippen LogP contribution in [0.2, 0.25) is 0 Å². The van der Waals surface area contributed by atoms with Crippen molar-refractivity contribution in [3.8, 4) is 33.9 Å². The first-order valence-corrected chi connectivity index (χ1v) is 19.3. The van der Waals surface area contributed by atoms with Gasteiger partial charge in [0.2, 0.25) is 5.95 Å². The fraction of sp³-hybridized carbons (Fsp3) is 0.0192. The van der Waals surface area contributed by atoms with E-state index in [1.807, 2.05) is 36.4 Å². The molecular weight excluding hydrogens is 695 g/mol. The summed E-state index contributed by atoms with van der Waals surface area (Å²) in [5.74, 6) is 1.79. The third-order valence-corrected chi connectivity index (χ3v) is 11.3. The Hall–Kier alpha value is -7.63. The SMILES string of the molecule is c1ccc(-c2nc(-c3ccccc3)nc(N3c4ccccc4C4(c5ccccc5-c5ccccc54)c4cc(N(c5ccccc5)c5ccccc5)ccc43)n2)cc1. The van der Waals surface area contributed by atoms with E-state index in [1.54, 1.807) is 0 Å². The number of para-hydroxylation sites is 3. The molecule has 5 nitrogen and oxygen atoms in total. The monoisotopic (exact) mass is 729 g/mol. The quantitative estimate of drug-likeness (QED) is 0.170. The number of aromatic nitrogens is 3. The van der Waals surface area contributed by atoms with Gasteiger partial charge in [0.1, 0.15) is 0 Å². The van der Waals surface area contributed by atoms with Crippen molar-refractivity contribution in [2.75, 3.05) is 9.80 Å². The van der Waals surface area contributed by atoms with Crippen LogP contribution in [-0.2, 0) is 5.41 Å². The molecule has 8 aromatic carbocycles. The molecule has 2 heterocycles. The molecule has 0 amide bonds. The lowest BCUT2D eigenvalue weighted by Crippen LogP contribution is -2.37. The number of nitrogens with zero attached hydrogens (tertiary/aromatic N) is 5. The summed E-state index contributed by atoms with van der Waals surface area (Å²) < 4.78 is 0. The minimum absolute atomic E-state index is 0.557. The molecule has 0 bridgehead atoms. The third-order valence-electron chi connectivity index (χ3n) is 11.3. The molecule has 11 rings (SSSR count). The van der Waals surface area contributed by atoms with Gasteiger partial charge in [0.15, 0.2) is 11.6 Å². The number of fused-ring (bicyclic) bond motifs is 9. The van der Waals surface area contributed by atoms with Gasteiger partial charge in [-0.15, -0.1) is 0 Å². The summed E-state index contributed by atoms with van der Waals surface area (Å²) >= 11 is 0. The second kappa shape index (κ2) is 13.3. The van der Waals surface area contributed by atoms with Crippen molar-refractivity contribution in [3.05, 3.63) is 235 Å². The standard InChI is InChI=1S/C52H35N5/c1-5-19-36(20-6-1)49-53-50(37-21-7-2-8-22-37)55-51(54-49)57-47-32-18-17-31-45(47)52(43-29-15-13-27-41(43)42-28-14-16-30-44(42)52)46-35-40(33-34-48(46)57)56(38-23-9-3-10-24-38)39-25-11-4-12-26-39/h1-35H. The van der Waals surface area contributed by atoms with Gasteiger partial charge in [-0.25, -0.2) is 4.98 Å². The molecule has 0 N–H and O–H groups in total. The number of benzene rings is 8. The molecule has 2 aliphatic rings. The normalized spacial score (nSPS) is 13.0. The van der Waals surface area contributed by atoms with E-state index in [2.05, 4.69) is 186 Å². The zero-order valence-corrected chi connectivity index (χ0v) is 30.9. The van der Waals surface area contributed by atoms with E-state index in [0.29, 0.717) is 17.6 Å². The lowest BCUT2D eigenvalue weighted by Gasteiger charge is -2.44. The third kappa shape index (κ3) is 5.13. The molecule has 57 heavy (non-hydrogen) atoms. The predicted octanol–water partition coefficient (Wildman–Crippen LogP) is 12.8. The average Bonchev–Trinajstić information content (AvgIpc) is 3.59. The van der Waals surface area contributed by atoms with Crippen molar-refractivity contribution < 1.29 is 0 Å². The summed E-state index contributed by atoms with van der Waals surface area (Å²) in [6.45, 7) is 0. The topological polar surface area (TPSA) is 45.2 Å². The number of anilines is 6. The maximum Gasteiger partial charge on any atom is 0.238 e. The van der Waals surface area contributed by atoms with Crippen molar-refractivity contribution in [2.24, 2.45) is 0 Å². The minimum Gasteiger partial charge on any atom is -0.310 e. The van der Waals surface area contributed by atoms with Crippen LogP contribution in [0.15, 0.2) is 212 Å². The molecule has 0 fully saturated rings. The number of rotatable bonds is 6. The summed E-state index contributed by atoms with van der Waals surface area (Å²) in [5.41, 5.74) is 13.8. The Kier molecular flexibility index (Phi) is 7.64. The van der Waals surface area contributed by atoms with Crippen LogP contribution in [0.5, 0.6) is 0 Å². The zero-order valence-electron chi connectivity index (χ0n) is 30.9. The predicted molar refractivity (Wildman–Crippen MR) is 231 cm³/mol. The molecule has 0 saturated heterocycles. The Balaban J connectivity index is 1.24. The Morgan fingerprint density at radius 3 is 1.33 bits per heavy atom. The fourth-order valence-electron chi connectivity index (χ4n) is 8.95. The van der Waals surface area contributed by atoms with Crippen molar-refractivity contribution in [1.82, 2.24) is 15.0 Å². The largest absolute Gasteiger partial charge is 0.310 e. The van der Waals surface area contributed by atoms with E-state index >= 15 is 0 Å². The molecule has 0 unspecified atom stereocenters. The summed E-state index contributed by atoms with van der Waals surface area (Å²) in [6.07, 6.45) is 0. The molecule has 5 heteroatoms. The molecule has 0 atom stereocenters. The molecule has 0 saturated carbocycles. The van der Waals surface area contributed by atoms with Gasteiger partial charge >= 0.3 is 0 Å². The molecule has 1 aliphatic carbocycles. The average molecular weight is 730 g/mol. The minimum atomic E-state index is -0.637. The van der Waals surface area contributed by atoms with Crippen LogP contribution in [0, 0.1) is 0 Å². The van der Waals surface area contributed by atoms with Gasteiger partial charge in [-0.05, 0) is 81.9 Å². The van der Waals surface area contributed by atoms with E-state index < -0.39 is 5.41 Å². The van der Waals surface area contributed by atoms with Crippen LogP contribution in [-0.4, -0.2) is 15.0 Å². The summed E-state index contributed by atoms with van der Waals surface area (Å²) in [7, 11) is 0. The molecular formula is C52H35N5. The van der Waals surface area contributed by atoms with E-state index in [1.165, 1.54) is 27.8 Å². The van der Waals surface area contributed by atoms with Gasteiger partial charge in [0, 0.05) is 28.2 Å². The lowest BCUT2D eigenvalue weighted by molar-refractivity contribution is 0.749.